The minimum Gasteiger partial charge on any atom is -0.461 e. The van der Waals surface area contributed by atoms with E-state index in [1.54, 1.807) is 6.07 Å². The zero-order valence-corrected chi connectivity index (χ0v) is 47.8. The molecule has 0 radical (unpaired) electrons. The molecule has 3 atom stereocenters. The summed E-state index contributed by atoms with van der Waals surface area (Å²) >= 11 is 0. The van der Waals surface area contributed by atoms with Crippen molar-refractivity contribution in [3.63, 3.8) is 0 Å². The molecule has 4 saturated heterocycles. The number of amides is 1. The number of fused-ring (bicyclic) bond motifs is 7. The first-order valence-electron chi connectivity index (χ1n) is 28.0. The average Bonchev–Trinajstić information content (AvgIpc) is 4.31. The summed E-state index contributed by atoms with van der Waals surface area (Å²) in [6.07, 6.45) is 6.60. The number of hydrogen-bond acceptors (Lipinski definition) is 9. The number of carbonyl (C=O) groups excluding carboxylic acids is 1. The zero-order valence-electron chi connectivity index (χ0n) is 46.8. The van der Waals surface area contributed by atoms with Crippen LogP contribution in [0.25, 0.3) is 43.7 Å². The Morgan fingerprint density at radius 1 is 0.885 bits per heavy atom. The number of anilines is 1. The summed E-state index contributed by atoms with van der Waals surface area (Å²) in [4.78, 5) is 36.5. The van der Waals surface area contributed by atoms with Crippen LogP contribution in [0.1, 0.15) is 111 Å². The zero-order chi connectivity index (χ0) is 54.8. The smallest absolute Gasteiger partial charge is 0.410 e. The van der Waals surface area contributed by atoms with Crippen molar-refractivity contribution < 1.29 is 23.0 Å². The predicted octanol–water partition coefficient (Wildman–Crippen LogP) is 14.3. The molecule has 0 N–H and O–H groups in total. The molecule has 2 aromatic heterocycles. The number of aromatic nitrogens is 4. The molecule has 14 heteroatoms. The van der Waals surface area contributed by atoms with Gasteiger partial charge in [0, 0.05) is 60.3 Å². The minimum absolute atomic E-state index is 0.100. The van der Waals surface area contributed by atoms with Crippen LogP contribution in [0.2, 0.25) is 16.6 Å². The van der Waals surface area contributed by atoms with Crippen molar-refractivity contribution in [1.82, 2.24) is 29.5 Å². The van der Waals surface area contributed by atoms with Gasteiger partial charge in [0.1, 0.15) is 37.4 Å². The number of aryl methyl sites for hydroxylation is 1. The SMILES string of the molecule is CC(C)[Si](C#Cc1c(F)ccc2cc(N=C(c3ccccc3)c3ccccc3)cc(-c3cc4nc(OC[C@@]56CCCN5C/C(=C\F)C6)nc(N5C[C@H]6CC[C@@H](C5)N6C(=O)OC(C)(C)C)c4c4cn(C)nc34)c12)(C(C)C)C(C)C. The molecule has 6 heterocycles. The van der Waals surface area contributed by atoms with E-state index in [2.05, 4.69) is 99.2 Å². The third-order valence-corrected chi connectivity index (χ3v) is 23.5. The fourth-order valence-electron chi connectivity index (χ4n) is 13.8. The van der Waals surface area contributed by atoms with Crippen LogP contribution in [0.15, 0.2) is 114 Å². The molecule has 11 rings (SSSR count). The van der Waals surface area contributed by atoms with Crippen molar-refractivity contribution in [2.24, 2.45) is 12.0 Å². The molecule has 2 bridgehead atoms. The molecule has 4 aliphatic heterocycles. The maximum Gasteiger partial charge on any atom is 0.410 e. The lowest BCUT2D eigenvalue weighted by Crippen LogP contribution is -2.57. The number of piperazine rings is 1. The van der Waals surface area contributed by atoms with Crippen LogP contribution in [-0.4, -0.2) is 105 Å². The number of aliphatic imine (C=N–C) groups is 1. The highest BCUT2D eigenvalue weighted by Crippen LogP contribution is 2.47. The Bertz CT molecular complexity index is 3500. The van der Waals surface area contributed by atoms with Gasteiger partial charge in [0.2, 0.25) is 0 Å². The number of benzene rings is 5. The van der Waals surface area contributed by atoms with Crippen LogP contribution >= 0.6 is 0 Å². The molecule has 7 aromatic rings. The van der Waals surface area contributed by atoms with E-state index in [1.807, 2.05) is 92.1 Å². The molecule has 0 unspecified atom stereocenters. The van der Waals surface area contributed by atoms with E-state index in [4.69, 9.17) is 29.5 Å². The average molecular weight is 1070 g/mol. The summed E-state index contributed by atoms with van der Waals surface area (Å²) in [5.41, 5.74) is 11.1. The fraction of sp³-hybridized carbons (Fsp3) is 0.422. The summed E-state index contributed by atoms with van der Waals surface area (Å²) in [5, 5.41) is 8.31. The highest BCUT2D eigenvalue weighted by Gasteiger charge is 2.48. The summed E-state index contributed by atoms with van der Waals surface area (Å²) in [6.45, 7) is 22.1. The fourth-order valence-corrected chi connectivity index (χ4v) is 19.0. The van der Waals surface area contributed by atoms with E-state index in [-0.39, 0.29) is 29.7 Å². The van der Waals surface area contributed by atoms with E-state index in [9.17, 15) is 9.18 Å². The van der Waals surface area contributed by atoms with Gasteiger partial charge in [-0.3, -0.25) is 14.5 Å². The van der Waals surface area contributed by atoms with Crippen LogP contribution in [-0.2, 0) is 11.8 Å². The second kappa shape index (κ2) is 20.7. The maximum atomic E-state index is 17.2. The molecule has 4 fully saturated rings. The maximum absolute atomic E-state index is 17.2. The molecule has 11 nitrogen and oxygen atoms in total. The van der Waals surface area contributed by atoms with Crippen LogP contribution in [0.4, 0.5) is 25.1 Å². The van der Waals surface area contributed by atoms with E-state index >= 15 is 4.39 Å². The van der Waals surface area contributed by atoms with Gasteiger partial charge in [-0.15, -0.1) is 5.54 Å². The van der Waals surface area contributed by atoms with Gasteiger partial charge >= 0.3 is 12.1 Å². The molecule has 404 valence electrons. The van der Waals surface area contributed by atoms with Crippen LogP contribution in [0.5, 0.6) is 6.01 Å². The first-order valence-corrected chi connectivity index (χ1v) is 30.2. The predicted molar refractivity (Wildman–Crippen MR) is 313 cm³/mol. The van der Waals surface area contributed by atoms with Gasteiger partial charge in [0.15, 0.2) is 0 Å². The Morgan fingerprint density at radius 3 is 2.18 bits per heavy atom. The van der Waals surface area contributed by atoms with E-state index in [0.29, 0.717) is 82.8 Å². The molecule has 4 aliphatic rings. The Labute approximate surface area is 458 Å². The van der Waals surface area contributed by atoms with Crippen LogP contribution in [0, 0.1) is 17.3 Å². The minimum atomic E-state index is -2.34. The van der Waals surface area contributed by atoms with E-state index in [0.717, 1.165) is 88.3 Å². The number of ether oxygens (including phenoxy) is 2. The lowest BCUT2D eigenvalue weighted by Gasteiger charge is -2.42. The van der Waals surface area contributed by atoms with Crippen molar-refractivity contribution in [1.29, 1.82) is 0 Å². The second-order valence-corrected chi connectivity index (χ2v) is 29.8. The van der Waals surface area contributed by atoms with Gasteiger partial charge in [-0.2, -0.15) is 15.1 Å². The van der Waals surface area contributed by atoms with Gasteiger partial charge in [-0.25, -0.2) is 18.6 Å². The Balaban J connectivity index is 1.16. The first-order chi connectivity index (χ1) is 37.4. The standard InChI is InChI=1S/C64H72F2N8O3Si/c1-40(2)78(41(3)4,42(5)6)29-26-50-54(66)25-22-46-30-47(67-58(44-18-13-11-14-19-44)45-20-15-12-16-21-45)31-51(56(46)50)52-32-55-57(53-38-71(10)70-59(52)53)60(72-36-48-23-24-49(37-72)74(48)62(75)77-63(7,8)9)69-61(68-55)76-39-64-27-17-28-73(64)35-43(33-64)34-65/h11-16,18-22,25,30-32,34,38,40-42,48-49H,17,23-24,27-28,33,35-37,39H2,1-10H3/b43-34-/t48-,49+,64-/m0/s1. The number of nitrogens with zero attached hydrogens (tertiary/aromatic N) is 8. The molecular weight excluding hydrogens is 995 g/mol. The van der Waals surface area contributed by atoms with Crippen molar-refractivity contribution in [2.75, 3.05) is 37.7 Å². The molecule has 0 saturated carbocycles. The third kappa shape index (κ3) is 9.65. The highest BCUT2D eigenvalue weighted by molar-refractivity contribution is 6.90. The van der Waals surface area contributed by atoms with E-state index < -0.39 is 19.5 Å². The Kier molecular flexibility index (Phi) is 14.1. The summed E-state index contributed by atoms with van der Waals surface area (Å²) in [6, 6.07) is 29.9. The normalized spacial score (nSPS) is 20.2. The number of rotatable bonds is 11. The Morgan fingerprint density at radius 2 is 1.55 bits per heavy atom. The Hall–Kier alpha value is -6.95. The largest absolute Gasteiger partial charge is 0.461 e. The van der Waals surface area contributed by atoms with Crippen molar-refractivity contribution in [3.8, 4) is 28.6 Å². The van der Waals surface area contributed by atoms with Gasteiger partial charge in [0.05, 0.1) is 51.8 Å². The molecule has 78 heavy (non-hydrogen) atoms. The lowest BCUT2D eigenvalue weighted by molar-refractivity contribution is 0.0122. The molecule has 0 aliphatic carbocycles. The molecular formula is C64H72F2N8O3Si. The van der Waals surface area contributed by atoms with Crippen molar-refractivity contribution >= 4 is 64.0 Å². The highest BCUT2D eigenvalue weighted by atomic mass is 28.3. The van der Waals surface area contributed by atoms with Gasteiger partial charge < -0.3 is 14.4 Å². The van der Waals surface area contributed by atoms with Gasteiger partial charge in [-0.05, 0) is 117 Å². The van der Waals surface area contributed by atoms with Crippen molar-refractivity contribution in [2.45, 2.75) is 134 Å². The van der Waals surface area contributed by atoms with Crippen LogP contribution in [0.3, 0.4) is 0 Å². The quantitative estimate of drug-likeness (QED) is 0.0717. The molecule has 0 spiro atoms. The topological polar surface area (TPSA) is 101 Å². The summed E-state index contributed by atoms with van der Waals surface area (Å²) < 4.78 is 45.9. The number of hydrogen-bond donors (Lipinski definition) is 0. The second-order valence-electron chi connectivity index (χ2n) is 24.2. The number of halogens is 2. The molecule has 5 aromatic carbocycles. The summed E-state index contributed by atoms with van der Waals surface area (Å²) in [5.74, 6) is 3.87. The van der Waals surface area contributed by atoms with E-state index in [1.165, 1.54) is 0 Å². The van der Waals surface area contributed by atoms with Crippen molar-refractivity contribution in [3.05, 3.63) is 132 Å². The molecule has 1 amide bonds. The van der Waals surface area contributed by atoms with Crippen LogP contribution < -0.4 is 9.64 Å². The first kappa shape index (κ1) is 53.1. The lowest BCUT2D eigenvalue weighted by atomic mass is 9.91. The van der Waals surface area contributed by atoms with Gasteiger partial charge in [0.25, 0.3) is 0 Å². The third-order valence-electron chi connectivity index (χ3n) is 17.2. The monoisotopic (exact) mass is 1070 g/mol. The van der Waals surface area contributed by atoms with Gasteiger partial charge in [-0.1, -0.05) is 114 Å². The summed E-state index contributed by atoms with van der Waals surface area (Å²) in [7, 11) is -0.431. The number of carbonyl (C=O) groups is 1.